The monoisotopic (exact) mass is 304 g/mol. The van der Waals surface area contributed by atoms with E-state index in [2.05, 4.69) is 65.4 Å². The fourth-order valence-corrected chi connectivity index (χ4v) is 1.76. The van der Waals surface area contributed by atoms with Crippen molar-refractivity contribution in [1.29, 1.82) is 0 Å². The van der Waals surface area contributed by atoms with Gasteiger partial charge in [0, 0.05) is 6.04 Å². The van der Waals surface area contributed by atoms with Gasteiger partial charge in [0.2, 0.25) is 0 Å². The molecule has 0 unspecified atom stereocenters. The lowest BCUT2D eigenvalue weighted by atomic mass is 9.81. The second kappa shape index (κ2) is 17.7. The lowest BCUT2D eigenvalue weighted by Gasteiger charge is -2.28. The Labute approximate surface area is 135 Å². The maximum Gasteiger partial charge on any atom is 0.0676 e. The SMILES string of the molecule is C=C.CC.CC(C)(C)CC(N)CC(C)(C)C.CCCON. The van der Waals surface area contributed by atoms with Crippen LogP contribution in [0.25, 0.3) is 0 Å². The molecule has 0 heterocycles. The van der Waals surface area contributed by atoms with Crippen LogP contribution >= 0.6 is 0 Å². The van der Waals surface area contributed by atoms with Gasteiger partial charge in [-0.25, -0.2) is 5.90 Å². The van der Waals surface area contributed by atoms with E-state index in [9.17, 15) is 0 Å². The van der Waals surface area contributed by atoms with Gasteiger partial charge in [0.1, 0.15) is 0 Å². The molecule has 0 aromatic carbocycles. The van der Waals surface area contributed by atoms with Gasteiger partial charge in [-0.1, -0.05) is 62.3 Å². The summed E-state index contributed by atoms with van der Waals surface area (Å²) in [6.07, 6.45) is 3.23. The van der Waals surface area contributed by atoms with Gasteiger partial charge in [0.25, 0.3) is 0 Å². The normalized spacial score (nSPS) is 10.5. The highest BCUT2D eigenvalue weighted by Crippen LogP contribution is 2.27. The van der Waals surface area contributed by atoms with Crippen LogP contribution in [0.4, 0.5) is 0 Å². The summed E-state index contributed by atoms with van der Waals surface area (Å²) in [5.41, 5.74) is 6.78. The van der Waals surface area contributed by atoms with Crippen molar-refractivity contribution >= 4 is 0 Å². The van der Waals surface area contributed by atoms with Crippen molar-refractivity contribution in [3.8, 4) is 0 Å². The Hall–Kier alpha value is -0.380. The summed E-state index contributed by atoms with van der Waals surface area (Å²) in [6, 6.07) is 0.352. The number of hydrogen-bond acceptors (Lipinski definition) is 3. The summed E-state index contributed by atoms with van der Waals surface area (Å²) in [6.45, 7) is 26.1. The number of rotatable bonds is 4. The zero-order valence-electron chi connectivity index (χ0n) is 16.4. The summed E-state index contributed by atoms with van der Waals surface area (Å²) in [4.78, 5) is 4.19. The Bertz CT molecular complexity index is 163. The second-order valence-corrected chi connectivity index (χ2v) is 7.16. The molecule has 0 fully saturated rings. The third-order valence-electron chi connectivity index (χ3n) is 2.07. The molecule has 132 valence electrons. The van der Waals surface area contributed by atoms with Gasteiger partial charge < -0.3 is 10.6 Å². The van der Waals surface area contributed by atoms with E-state index in [1.807, 2.05) is 20.8 Å². The van der Waals surface area contributed by atoms with Gasteiger partial charge >= 0.3 is 0 Å². The highest BCUT2D eigenvalue weighted by atomic mass is 16.6. The Morgan fingerprint density at radius 2 is 1.19 bits per heavy atom. The molecule has 0 rings (SSSR count). The molecule has 0 saturated heterocycles. The van der Waals surface area contributed by atoms with Crippen LogP contribution in [0, 0.1) is 10.8 Å². The van der Waals surface area contributed by atoms with Crippen LogP contribution in [0.2, 0.25) is 0 Å². The summed E-state index contributed by atoms with van der Waals surface area (Å²) in [7, 11) is 0. The summed E-state index contributed by atoms with van der Waals surface area (Å²) in [5, 5.41) is 0. The average molecular weight is 305 g/mol. The third kappa shape index (κ3) is 45.1. The maximum absolute atomic E-state index is 6.05. The highest BCUT2D eigenvalue weighted by molar-refractivity contribution is 4.76. The molecule has 0 saturated carbocycles. The molecule has 3 heteroatoms. The van der Waals surface area contributed by atoms with Crippen LogP contribution in [0.15, 0.2) is 13.2 Å². The molecule has 21 heavy (non-hydrogen) atoms. The molecule has 0 radical (unpaired) electrons. The van der Waals surface area contributed by atoms with Gasteiger partial charge in [0.05, 0.1) is 6.61 Å². The van der Waals surface area contributed by atoms with Crippen molar-refractivity contribution < 1.29 is 4.84 Å². The van der Waals surface area contributed by atoms with Crippen LogP contribution in [0.3, 0.4) is 0 Å². The minimum Gasteiger partial charge on any atom is -0.328 e. The Kier molecular flexibility index (Phi) is 24.2. The van der Waals surface area contributed by atoms with E-state index in [0.29, 0.717) is 23.5 Å². The lowest BCUT2D eigenvalue weighted by Crippen LogP contribution is -2.30. The summed E-state index contributed by atoms with van der Waals surface area (Å²) < 4.78 is 0. The second-order valence-electron chi connectivity index (χ2n) is 7.16. The molecule has 0 atom stereocenters. The van der Waals surface area contributed by atoms with Crippen molar-refractivity contribution in [1.82, 2.24) is 0 Å². The molecule has 0 spiro atoms. The Morgan fingerprint density at radius 3 is 1.29 bits per heavy atom. The van der Waals surface area contributed by atoms with Gasteiger partial charge in [-0.05, 0) is 30.1 Å². The van der Waals surface area contributed by atoms with E-state index in [4.69, 9.17) is 5.73 Å². The fourth-order valence-electron chi connectivity index (χ4n) is 1.76. The quantitative estimate of drug-likeness (QED) is 0.547. The molecule has 0 aliphatic carbocycles. The van der Waals surface area contributed by atoms with Crippen molar-refractivity contribution in [3.05, 3.63) is 13.2 Å². The lowest BCUT2D eigenvalue weighted by molar-refractivity contribution is 0.138. The van der Waals surface area contributed by atoms with E-state index in [0.717, 1.165) is 19.3 Å². The standard InChI is InChI=1S/C11H25N.C3H9NO.C2H6.C2H4/c1-10(2,3)7-9(12)8-11(4,5)6;1-2-3-5-4;2*1-2/h9H,7-8,12H2,1-6H3;2-4H2,1H3;1-2H3;1-2H2. The molecule has 0 aromatic rings. The molecule has 0 aliphatic rings. The molecule has 0 bridgehead atoms. The zero-order chi connectivity index (χ0) is 18.1. The number of nitrogens with two attached hydrogens (primary N) is 2. The molecular weight excluding hydrogens is 260 g/mol. The summed E-state index contributed by atoms with van der Waals surface area (Å²) >= 11 is 0. The fraction of sp³-hybridized carbons (Fsp3) is 0.889. The molecule has 3 nitrogen and oxygen atoms in total. The van der Waals surface area contributed by atoms with Gasteiger partial charge in [-0.3, -0.25) is 0 Å². The highest BCUT2D eigenvalue weighted by Gasteiger charge is 2.20. The smallest absolute Gasteiger partial charge is 0.0676 e. The largest absolute Gasteiger partial charge is 0.328 e. The van der Waals surface area contributed by atoms with Crippen molar-refractivity contribution in [3.63, 3.8) is 0 Å². The van der Waals surface area contributed by atoms with Crippen LogP contribution < -0.4 is 11.6 Å². The molecule has 0 aromatic heterocycles. The first-order valence-electron chi connectivity index (χ1n) is 8.09. The van der Waals surface area contributed by atoms with Gasteiger partial charge in [-0.15, -0.1) is 13.2 Å². The average Bonchev–Trinajstić information content (AvgIpc) is 2.31. The van der Waals surface area contributed by atoms with Crippen LogP contribution in [-0.2, 0) is 4.84 Å². The van der Waals surface area contributed by atoms with Crippen molar-refractivity contribution in [2.24, 2.45) is 22.5 Å². The van der Waals surface area contributed by atoms with Crippen molar-refractivity contribution in [2.75, 3.05) is 6.61 Å². The van der Waals surface area contributed by atoms with Gasteiger partial charge in [0.15, 0.2) is 0 Å². The predicted octanol–water partition coefficient (Wildman–Crippen LogP) is 5.30. The zero-order valence-corrected chi connectivity index (χ0v) is 16.4. The maximum atomic E-state index is 6.05. The predicted molar refractivity (Wildman–Crippen MR) is 99.2 cm³/mol. The van der Waals surface area contributed by atoms with Crippen molar-refractivity contribution in [2.45, 2.75) is 87.6 Å². The number of hydrogen-bond donors (Lipinski definition) is 2. The van der Waals surface area contributed by atoms with E-state index in [-0.39, 0.29) is 0 Å². The molecule has 4 N–H and O–H groups in total. The third-order valence-corrected chi connectivity index (χ3v) is 2.07. The minimum atomic E-state index is 0.352. The molecule has 0 amide bonds. The van der Waals surface area contributed by atoms with E-state index in [1.165, 1.54) is 0 Å². The van der Waals surface area contributed by atoms with Gasteiger partial charge in [-0.2, -0.15) is 0 Å². The first kappa shape index (κ1) is 28.7. The first-order valence-corrected chi connectivity index (χ1v) is 8.09. The van der Waals surface area contributed by atoms with E-state index in [1.54, 1.807) is 0 Å². The Morgan fingerprint density at radius 1 is 0.905 bits per heavy atom. The first-order chi connectivity index (χ1) is 9.52. The van der Waals surface area contributed by atoms with E-state index < -0.39 is 0 Å². The van der Waals surface area contributed by atoms with Crippen LogP contribution in [0.5, 0.6) is 0 Å². The molecule has 0 aliphatic heterocycles. The Balaban J connectivity index is -0.000000134. The summed E-state index contributed by atoms with van der Waals surface area (Å²) in [5.74, 6) is 4.64. The topological polar surface area (TPSA) is 61.3 Å². The van der Waals surface area contributed by atoms with Crippen LogP contribution in [-0.4, -0.2) is 12.6 Å². The molecular formula is C18H44N2O. The van der Waals surface area contributed by atoms with Crippen LogP contribution in [0.1, 0.15) is 81.6 Å². The van der Waals surface area contributed by atoms with E-state index >= 15 is 0 Å². The minimum absolute atomic E-state index is 0.352.